The van der Waals surface area contributed by atoms with Gasteiger partial charge < -0.3 is 10.1 Å². The van der Waals surface area contributed by atoms with Crippen LogP contribution in [0.1, 0.15) is 55.5 Å². The minimum Gasteiger partial charge on any atom is -0.490 e. The third-order valence-electron chi connectivity index (χ3n) is 3.80. The zero-order chi connectivity index (χ0) is 13.4. The molecule has 1 aliphatic rings. The molecule has 1 N–H and O–H groups in total. The summed E-state index contributed by atoms with van der Waals surface area (Å²) in [7, 11) is 0. The fourth-order valence-electron chi connectivity index (χ4n) is 2.91. The molecule has 2 heteroatoms. The first-order valence-corrected chi connectivity index (χ1v) is 6.93. The van der Waals surface area contributed by atoms with Gasteiger partial charge in [0.25, 0.3) is 0 Å². The summed E-state index contributed by atoms with van der Waals surface area (Å²) in [6.07, 6.45) is 1.34. The Bertz CT molecular complexity index is 451. The van der Waals surface area contributed by atoms with Gasteiger partial charge in [-0.15, -0.1) is 0 Å². The molecule has 0 aromatic heterocycles. The average molecular weight is 247 g/mol. The monoisotopic (exact) mass is 247 g/mol. The normalized spacial score (nSPS) is 22.8. The molecule has 0 spiro atoms. The van der Waals surface area contributed by atoms with Crippen LogP contribution in [0.15, 0.2) is 6.07 Å². The topological polar surface area (TPSA) is 21.3 Å². The van der Waals surface area contributed by atoms with Crippen LogP contribution in [-0.2, 0) is 0 Å². The Morgan fingerprint density at radius 2 is 1.89 bits per heavy atom. The highest BCUT2D eigenvalue weighted by Crippen LogP contribution is 2.40. The quantitative estimate of drug-likeness (QED) is 0.857. The van der Waals surface area contributed by atoms with Crippen molar-refractivity contribution >= 4 is 0 Å². The maximum atomic E-state index is 6.10. The molecular weight excluding hydrogens is 222 g/mol. The van der Waals surface area contributed by atoms with Gasteiger partial charge in [0.1, 0.15) is 5.75 Å². The highest BCUT2D eigenvalue weighted by Gasteiger charge is 2.29. The summed E-state index contributed by atoms with van der Waals surface area (Å²) in [5.41, 5.74) is 5.32. The van der Waals surface area contributed by atoms with E-state index in [1.54, 1.807) is 0 Å². The number of aryl methyl sites for hydroxylation is 2. The molecule has 1 aromatic carbocycles. The fourth-order valence-corrected chi connectivity index (χ4v) is 2.91. The molecular formula is C16H25NO. The highest BCUT2D eigenvalue weighted by atomic mass is 16.5. The van der Waals surface area contributed by atoms with E-state index in [1.165, 1.54) is 22.3 Å². The minimum absolute atomic E-state index is 0.286. The Morgan fingerprint density at radius 3 is 2.50 bits per heavy atom. The number of fused-ring (bicyclic) bond motifs is 1. The molecule has 0 aliphatic carbocycles. The molecule has 0 fully saturated rings. The van der Waals surface area contributed by atoms with Crippen molar-refractivity contribution < 1.29 is 4.74 Å². The highest BCUT2D eigenvalue weighted by molar-refractivity contribution is 5.52. The van der Waals surface area contributed by atoms with E-state index < -0.39 is 0 Å². The summed E-state index contributed by atoms with van der Waals surface area (Å²) in [5.74, 6) is 1.12. The molecule has 1 heterocycles. The van der Waals surface area contributed by atoms with Crippen LogP contribution in [0.5, 0.6) is 5.75 Å². The largest absolute Gasteiger partial charge is 0.490 e. The molecule has 2 rings (SSSR count). The molecule has 0 saturated carbocycles. The van der Waals surface area contributed by atoms with Crippen molar-refractivity contribution in [2.24, 2.45) is 0 Å². The van der Waals surface area contributed by atoms with Crippen molar-refractivity contribution in [1.29, 1.82) is 0 Å². The van der Waals surface area contributed by atoms with Gasteiger partial charge in [-0.25, -0.2) is 0 Å². The van der Waals surface area contributed by atoms with Crippen LogP contribution in [-0.4, -0.2) is 12.1 Å². The second-order valence-electron chi connectivity index (χ2n) is 5.92. The SMILES string of the molecule is Cc1cc(C)c2c(c1C)OC(C)CC2NC(C)C. The van der Waals surface area contributed by atoms with Gasteiger partial charge in [-0.2, -0.15) is 0 Å². The zero-order valence-electron chi connectivity index (χ0n) is 12.4. The Hall–Kier alpha value is -1.02. The van der Waals surface area contributed by atoms with Crippen molar-refractivity contribution in [3.8, 4) is 5.75 Å². The van der Waals surface area contributed by atoms with Crippen LogP contribution in [0.25, 0.3) is 0 Å². The minimum atomic E-state index is 0.286. The third kappa shape index (κ3) is 2.39. The van der Waals surface area contributed by atoms with Crippen LogP contribution in [0.4, 0.5) is 0 Å². The molecule has 2 atom stereocenters. The van der Waals surface area contributed by atoms with Gasteiger partial charge in [-0.05, 0) is 44.4 Å². The lowest BCUT2D eigenvalue weighted by molar-refractivity contribution is 0.161. The predicted octanol–water partition coefficient (Wildman–Crippen LogP) is 3.82. The summed E-state index contributed by atoms with van der Waals surface area (Å²) in [6.45, 7) is 13.1. The Morgan fingerprint density at radius 1 is 1.22 bits per heavy atom. The maximum Gasteiger partial charge on any atom is 0.127 e. The van der Waals surface area contributed by atoms with Crippen LogP contribution in [0, 0.1) is 20.8 Å². The van der Waals surface area contributed by atoms with Crippen molar-refractivity contribution in [2.75, 3.05) is 0 Å². The first kappa shape index (κ1) is 13.4. The lowest BCUT2D eigenvalue weighted by Crippen LogP contribution is -2.36. The van der Waals surface area contributed by atoms with Crippen molar-refractivity contribution in [3.05, 3.63) is 28.3 Å². The molecule has 0 amide bonds. The molecule has 0 saturated heterocycles. The molecule has 18 heavy (non-hydrogen) atoms. The van der Waals surface area contributed by atoms with Crippen LogP contribution in [0.3, 0.4) is 0 Å². The van der Waals surface area contributed by atoms with Crippen molar-refractivity contribution in [1.82, 2.24) is 5.32 Å². The van der Waals surface area contributed by atoms with Gasteiger partial charge in [0, 0.05) is 24.1 Å². The van der Waals surface area contributed by atoms with E-state index in [-0.39, 0.29) is 6.10 Å². The van der Waals surface area contributed by atoms with Gasteiger partial charge >= 0.3 is 0 Å². The summed E-state index contributed by atoms with van der Waals surface area (Å²) in [4.78, 5) is 0. The summed E-state index contributed by atoms with van der Waals surface area (Å²) in [6, 6.07) is 3.19. The van der Waals surface area contributed by atoms with E-state index in [4.69, 9.17) is 4.74 Å². The molecule has 1 aliphatic heterocycles. The lowest BCUT2D eigenvalue weighted by atomic mass is 9.89. The number of hydrogen-bond acceptors (Lipinski definition) is 2. The van der Waals surface area contributed by atoms with Gasteiger partial charge in [0.2, 0.25) is 0 Å². The Labute approximate surface area is 111 Å². The maximum absolute atomic E-state index is 6.10. The second-order valence-corrected chi connectivity index (χ2v) is 5.92. The van der Waals surface area contributed by atoms with Gasteiger partial charge in [0.15, 0.2) is 0 Å². The summed E-state index contributed by atoms with van der Waals surface area (Å²) >= 11 is 0. The van der Waals surface area contributed by atoms with E-state index in [0.29, 0.717) is 12.1 Å². The molecule has 2 nitrogen and oxygen atoms in total. The van der Waals surface area contributed by atoms with Gasteiger partial charge in [-0.1, -0.05) is 19.9 Å². The first-order valence-electron chi connectivity index (χ1n) is 6.93. The molecule has 2 unspecified atom stereocenters. The number of rotatable bonds is 2. The third-order valence-corrected chi connectivity index (χ3v) is 3.80. The second kappa shape index (κ2) is 4.93. The van der Waals surface area contributed by atoms with Crippen LogP contribution >= 0.6 is 0 Å². The predicted molar refractivity (Wildman–Crippen MR) is 76.4 cm³/mol. The Kier molecular flexibility index (Phi) is 3.67. The number of hydrogen-bond donors (Lipinski definition) is 1. The van der Waals surface area contributed by atoms with Crippen LogP contribution < -0.4 is 10.1 Å². The smallest absolute Gasteiger partial charge is 0.127 e. The standard InChI is InChI=1S/C16H25NO/c1-9(2)17-14-8-12(5)18-16-13(6)10(3)7-11(4)15(14)16/h7,9,12,14,17H,8H2,1-6H3. The van der Waals surface area contributed by atoms with Crippen molar-refractivity contribution in [2.45, 2.75) is 66.2 Å². The van der Waals surface area contributed by atoms with Gasteiger partial charge in [-0.3, -0.25) is 0 Å². The molecule has 1 aromatic rings. The summed E-state index contributed by atoms with van der Waals surface area (Å²) in [5, 5.41) is 3.68. The van der Waals surface area contributed by atoms with E-state index in [0.717, 1.165) is 12.2 Å². The van der Waals surface area contributed by atoms with Gasteiger partial charge in [0.05, 0.1) is 6.10 Å². The number of ether oxygens (including phenoxy) is 1. The van der Waals surface area contributed by atoms with E-state index in [9.17, 15) is 0 Å². The van der Waals surface area contributed by atoms with E-state index in [2.05, 4.69) is 52.9 Å². The average Bonchev–Trinajstić information content (AvgIpc) is 2.24. The summed E-state index contributed by atoms with van der Waals surface area (Å²) < 4.78 is 6.10. The molecule has 100 valence electrons. The first-order chi connectivity index (χ1) is 8.40. The lowest BCUT2D eigenvalue weighted by Gasteiger charge is -2.35. The van der Waals surface area contributed by atoms with E-state index >= 15 is 0 Å². The molecule has 0 bridgehead atoms. The number of nitrogens with one attached hydrogen (secondary N) is 1. The fraction of sp³-hybridized carbons (Fsp3) is 0.625. The van der Waals surface area contributed by atoms with Crippen molar-refractivity contribution in [3.63, 3.8) is 0 Å². The van der Waals surface area contributed by atoms with E-state index in [1.807, 2.05) is 0 Å². The van der Waals surface area contributed by atoms with Crippen LogP contribution in [0.2, 0.25) is 0 Å². The zero-order valence-corrected chi connectivity index (χ0v) is 12.4. The number of benzene rings is 1. The molecule has 0 radical (unpaired) electrons. The Balaban J connectivity index is 2.51.